The summed E-state index contributed by atoms with van der Waals surface area (Å²) in [6.07, 6.45) is 7.06. The first kappa shape index (κ1) is 20.2. The van der Waals surface area contributed by atoms with Gasteiger partial charge < -0.3 is 15.0 Å². The first-order chi connectivity index (χ1) is 15.5. The third-order valence-corrected chi connectivity index (χ3v) is 6.01. The van der Waals surface area contributed by atoms with E-state index in [-0.39, 0.29) is 12.0 Å². The molecule has 164 valence electrons. The van der Waals surface area contributed by atoms with Crippen molar-refractivity contribution in [2.24, 2.45) is 5.73 Å². The number of hydrogen-bond donors (Lipinski definition) is 1. The molecule has 3 aromatic heterocycles. The van der Waals surface area contributed by atoms with Crippen molar-refractivity contribution < 1.29 is 9.18 Å². The van der Waals surface area contributed by atoms with Gasteiger partial charge in [0.25, 0.3) is 5.91 Å². The summed E-state index contributed by atoms with van der Waals surface area (Å²) in [6.45, 7) is 8.73. The Balaban J connectivity index is 1.40. The summed E-state index contributed by atoms with van der Waals surface area (Å²) in [4.78, 5) is 20.6. The highest BCUT2D eigenvalue weighted by molar-refractivity contribution is 6.04. The molecule has 1 fully saturated rings. The number of fused-ring (bicyclic) bond motifs is 2. The molecule has 1 aliphatic rings. The van der Waals surface area contributed by atoms with Gasteiger partial charge in [-0.3, -0.25) is 9.69 Å². The molecule has 1 atom stereocenters. The standard InChI is InChI=1S/C23H24FN7O/c1-3-20(31-21-16(12-26-31)5-4-6-18(21)22(25)32)29-9-7-28(8-10-29)17-11-19(24)23-27-15(2)13-30(23)14-17/h3-6,11-14,20H,1,7-10H2,2H3,(H2,25,32). The fourth-order valence-electron chi connectivity index (χ4n) is 4.49. The van der Waals surface area contributed by atoms with E-state index < -0.39 is 5.91 Å². The Kier molecular flexibility index (Phi) is 4.90. The number of anilines is 1. The number of aromatic nitrogens is 4. The number of carbonyl (C=O) groups is 1. The minimum absolute atomic E-state index is 0.231. The van der Waals surface area contributed by atoms with E-state index in [1.54, 1.807) is 33.5 Å². The third kappa shape index (κ3) is 3.31. The zero-order chi connectivity index (χ0) is 22.4. The van der Waals surface area contributed by atoms with Crippen molar-refractivity contribution in [3.05, 3.63) is 72.6 Å². The summed E-state index contributed by atoms with van der Waals surface area (Å²) in [7, 11) is 0. The maximum absolute atomic E-state index is 14.5. The molecule has 32 heavy (non-hydrogen) atoms. The first-order valence-corrected chi connectivity index (χ1v) is 10.5. The lowest BCUT2D eigenvalue weighted by atomic mass is 10.1. The van der Waals surface area contributed by atoms with Crippen LogP contribution in [0, 0.1) is 12.7 Å². The maximum Gasteiger partial charge on any atom is 0.250 e. The van der Waals surface area contributed by atoms with E-state index >= 15 is 0 Å². The van der Waals surface area contributed by atoms with Gasteiger partial charge in [-0.2, -0.15) is 5.10 Å². The van der Waals surface area contributed by atoms with Gasteiger partial charge in [-0.25, -0.2) is 14.1 Å². The molecule has 0 saturated carbocycles. The third-order valence-electron chi connectivity index (χ3n) is 6.01. The molecule has 8 nitrogen and oxygen atoms in total. The Labute approximate surface area is 184 Å². The number of aryl methyl sites for hydroxylation is 1. The van der Waals surface area contributed by atoms with Crippen LogP contribution in [0.2, 0.25) is 0 Å². The molecule has 1 unspecified atom stereocenters. The predicted octanol–water partition coefficient (Wildman–Crippen LogP) is 2.74. The molecular formula is C23H24FN7O. The molecule has 4 heterocycles. The molecule has 1 aliphatic heterocycles. The highest BCUT2D eigenvalue weighted by atomic mass is 19.1. The van der Waals surface area contributed by atoms with Crippen LogP contribution in [-0.4, -0.2) is 56.2 Å². The molecule has 4 aromatic rings. The average molecular weight is 433 g/mol. The lowest BCUT2D eigenvalue weighted by molar-refractivity contribution is 0.100. The second-order valence-electron chi connectivity index (χ2n) is 8.03. The van der Waals surface area contributed by atoms with Gasteiger partial charge in [0.1, 0.15) is 6.17 Å². The van der Waals surface area contributed by atoms with E-state index in [1.165, 1.54) is 0 Å². The highest BCUT2D eigenvalue weighted by Gasteiger charge is 2.26. The summed E-state index contributed by atoms with van der Waals surface area (Å²) in [5.41, 5.74) is 8.68. The number of pyridine rings is 1. The van der Waals surface area contributed by atoms with Crippen molar-refractivity contribution >= 4 is 28.1 Å². The van der Waals surface area contributed by atoms with E-state index in [1.807, 2.05) is 31.5 Å². The number of hydrogen-bond acceptors (Lipinski definition) is 5. The zero-order valence-electron chi connectivity index (χ0n) is 17.8. The molecule has 0 aliphatic carbocycles. The quantitative estimate of drug-likeness (QED) is 0.489. The molecule has 9 heteroatoms. The minimum atomic E-state index is -0.489. The maximum atomic E-state index is 14.5. The molecule has 5 rings (SSSR count). The Hall–Kier alpha value is -3.72. The summed E-state index contributed by atoms with van der Waals surface area (Å²) >= 11 is 0. The van der Waals surface area contributed by atoms with Gasteiger partial charge in [-0.15, -0.1) is 0 Å². The van der Waals surface area contributed by atoms with Crippen molar-refractivity contribution in [2.75, 3.05) is 31.1 Å². The number of amides is 1. The van der Waals surface area contributed by atoms with Crippen molar-refractivity contribution in [3.8, 4) is 0 Å². The fraction of sp³-hybridized carbons (Fsp3) is 0.261. The Morgan fingerprint density at radius 2 is 2.03 bits per heavy atom. The van der Waals surface area contributed by atoms with Crippen molar-refractivity contribution in [1.29, 1.82) is 0 Å². The first-order valence-electron chi connectivity index (χ1n) is 10.5. The van der Waals surface area contributed by atoms with Gasteiger partial charge in [0, 0.05) is 50.0 Å². The van der Waals surface area contributed by atoms with Crippen LogP contribution in [-0.2, 0) is 0 Å². The number of imidazole rings is 1. The van der Waals surface area contributed by atoms with E-state index in [9.17, 15) is 9.18 Å². The van der Waals surface area contributed by atoms with Crippen LogP contribution in [0.25, 0.3) is 16.6 Å². The highest BCUT2D eigenvalue weighted by Crippen LogP contribution is 2.27. The number of para-hydroxylation sites is 1. The smallest absolute Gasteiger partial charge is 0.250 e. The van der Waals surface area contributed by atoms with Crippen molar-refractivity contribution in [1.82, 2.24) is 24.1 Å². The van der Waals surface area contributed by atoms with Crippen molar-refractivity contribution in [3.63, 3.8) is 0 Å². The van der Waals surface area contributed by atoms with Crippen LogP contribution in [0.4, 0.5) is 10.1 Å². The largest absolute Gasteiger partial charge is 0.368 e. The number of benzene rings is 1. The Bertz CT molecular complexity index is 1330. The normalized spacial score (nSPS) is 16.0. The summed E-state index contributed by atoms with van der Waals surface area (Å²) < 4.78 is 18.1. The van der Waals surface area contributed by atoms with Crippen LogP contribution in [0.1, 0.15) is 22.2 Å². The topological polar surface area (TPSA) is 84.7 Å². The van der Waals surface area contributed by atoms with Crippen LogP contribution in [0.3, 0.4) is 0 Å². The van der Waals surface area contributed by atoms with Gasteiger partial charge in [0.05, 0.1) is 28.7 Å². The number of halogens is 1. The van der Waals surface area contributed by atoms with E-state index in [0.29, 0.717) is 29.8 Å². The van der Waals surface area contributed by atoms with Crippen LogP contribution in [0.5, 0.6) is 0 Å². The minimum Gasteiger partial charge on any atom is -0.368 e. The lowest BCUT2D eigenvalue weighted by Gasteiger charge is -2.39. The fourth-order valence-corrected chi connectivity index (χ4v) is 4.49. The molecule has 1 saturated heterocycles. The molecule has 1 aromatic carbocycles. The predicted molar refractivity (Wildman–Crippen MR) is 121 cm³/mol. The SMILES string of the molecule is C=CC(N1CCN(c2cc(F)c3nc(C)cn3c2)CC1)n1ncc2cccc(C(N)=O)c21. The van der Waals surface area contributed by atoms with E-state index in [0.717, 1.165) is 29.9 Å². The van der Waals surface area contributed by atoms with Crippen LogP contribution in [0.15, 0.2) is 55.5 Å². The number of nitrogens with zero attached hydrogens (tertiary/aromatic N) is 6. The molecule has 2 N–H and O–H groups in total. The van der Waals surface area contributed by atoms with Crippen LogP contribution < -0.4 is 10.6 Å². The van der Waals surface area contributed by atoms with Gasteiger partial charge in [-0.05, 0) is 13.0 Å². The number of nitrogens with two attached hydrogens (primary N) is 1. The number of rotatable bonds is 5. The second kappa shape index (κ2) is 7.76. The number of piperazine rings is 1. The zero-order valence-corrected chi connectivity index (χ0v) is 17.8. The molecule has 0 spiro atoms. The van der Waals surface area contributed by atoms with E-state index in [2.05, 4.69) is 26.5 Å². The summed E-state index contributed by atoms with van der Waals surface area (Å²) in [5.74, 6) is -0.818. The van der Waals surface area contributed by atoms with Gasteiger partial charge >= 0.3 is 0 Å². The van der Waals surface area contributed by atoms with Crippen LogP contribution >= 0.6 is 0 Å². The molecule has 0 radical (unpaired) electrons. The van der Waals surface area contributed by atoms with Gasteiger partial charge in [0.15, 0.2) is 11.5 Å². The average Bonchev–Trinajstić information content (AvgIpc) is 3.38. The number of carbonyl (C=O) groups excluding carboxylic acids is 1. The monoisotopic (exact) mass is 433 g/mol. The number of primary amides is 1. The van der Waals surface area contributed by atoms with Gasteiger partial charge in [-0.1, -0.05) is 24.8 Å². The molecule has 0 bridgehead atoms. The Morgan fingerprint density at radius 3 is 2.75 bits per heavy atom. The molecular weight excluding hydrogens is 409 g/mol. The van der Waals surface area contributed by atoms with Crippen molar-refractivity contribution in [2.45, 2.75) is 13.1 Å². The van der Waals surface area contributed by atoms with Gasteiger partial charge in [0.2, 0.25) is 0 Å². The Morgan fingerprint density at radius 1 is 1.25 bits per heavy atom. The molecule has 1 amide bonds. The van der Waals surface area contributed by atoms with E-state index in [4.69, 9.17) is 5.73 Å². The lowest BCUT2D eigenvalue weighted by Crippen LogP contribution is -2.48. The second-order valence-corrected chi connectivity index (χ2v) is 8.03. The summed E-state index contributed by atoms with van der Waals surface area (Å²) in [6, 6.07) is 6.96. The summed E-state index contributed by atoms with van der Waals surface area (Å²) in [5, 5.41) is 5.39.